The molecule has 8 nitrogen and oxygen atoms in total. The Bertz CT molecular complexity index is 678. The average molecular weight is 350 g/mol. The monoisotopic (exact) mass is 349 g/mol. The predicted molar refractivity (Wildman–Crippen MR) is 69.3 cm³/mol. The van der Waals surface area contributed by atoms with E-state index in [1.165, 1.54) is 17.1 Å². The summed E-state index contributed by atoms with van der Waals surface area (Å²) in [5, 5.41) is 3.97. The fraction of sp³-hybridized carbons (Fsp3) is 0.333. The van der Waals surface area contributed by atoms with Crippen molar-refractivity contribution < 1.29 is 12.8 Å². The molecule has 3 N–H and O–H groups in total. The lowest BCUT2D eigenvalue weighted by Gasteiger charge is -2.02. The minimum absolute atomic E-state index is 0.00124. The van der Waals surface area contributed by atoms with Crippen molar-refractivity contribution in [3.05, 3.63) is 28.6 Å². The number of furan rings is 1. The van der Waals surface area contributed by atoms with Crippen LogP contribution in [0.15, 0.2) is 26.4 Å². The zero-order chi connectivity index (χ0) is 14.0. The summed E-state index contributed by atoms with van der Waals surface area (Å²) in [7, 11) is -2.00. The van der Waals surface area contributed by atoms with E-state index in [2.05, 4.69) is 30.7 Å². The van der Waals surface area contributed by atoms with Gasteiger partial charge in [-0.3, -0.25) is 4.68 Å². The Morgan fingerprint density at radius 2 is 2.32 bits per heavy atom. The van der Waals surface area contributed by atoms with Crippen molar-refractivity contribution in [1.29, 1.82) is 0 Å². The van der Waals surface area contributed by atoms with Crippen LogP contribution in [0.3, 0.4) is 0 Å². The molecule has 0 aliphatic rings. The molecule has 19 heavy (non-hydrogen) atoms. The molecule has 0 radical (unpaired) electrons. The third-order valence-corrected chi connectivity index (χ3v) is 4.52. The van der Waals surface area contributed by atoms with Gasteiger partial charge in [0.15, 0.2) is 10.5 Å². The number of nitrogens with one attached hydrogen (secondary N) is 1. The van der Waals surface area contributed by atoms with Gasteiger partial charge in [0.2, 0.25) is 10.0 Å². The third-order valence-electron chi connectivity index (χ3n) is 2.26. The normalized spacial score (nSPS) is 11.9. The SMILES string of the molecule is Cn1cnc(CNS(=O)(=O)c2cc(CN)oc2Br)n1. The summed E-state index contributed by atoms with van der Waals surface area (Å²) in [5.41, 5.74) is 5.39. The molecular formula is C9H12BrN5O3S. The molecule has 0 fully saturated rings. The summed E-state index contributed by atoms with van der Waals surface area (Å²) in [6.45, 7) is 0.120. The molecule has 0 aliphatic heterocycles. The number of sulfonamides is 1. The first-order valence-corrected chi connectivity index (χ1v) is 7.52. The van der Waals surface area contributed by atoms with Crippen molar-refractivity contribution in [2.45, 2.75) is 18.0 Å². The molecule has 0 spiro atoms. The van der Waals surface area contributed by atoms with E-state index < -0.39 is 10.0 Å². The van der Waals surface area contributed by atoms with Gasteiger partial charge in [0, 0.05) is 13.1 Å². The number of aryl methyl sites for hydroxylation is 1. The smallest absolute Gasteiger partial charge is 0.245 e. The molecule has 2 rings (SSSR count). The molecule has 0 saturated carbocycles. The van der Waals surface area contributed by atoms with Gasteiger partial charge in [-0.25, -0.2) is 18.1 Å². The Labute approximate surface area is 118 Å². The molecule has 0 amide bonds. The fourth-order valence-corrected chi connectivity index (χ4v) is 3.36. The Morgan fingerprint density at radius 3 is 2.84 bits per heavy atom. The second-order valence-electron chi connectivity index (χ2n) is 3.71. The molecule has 2 aromatic heterocycles. The van der Waals surface area contributed by atoms with Crippen molar-refractivity contribution in [3.63, 3.8) is 0 Å². The van der Waals surface area contributed by atoms with E-state index in [1.54, 1.807) is 7.05 Å². The first kappa shape index (κ1) is 14.2. The van der Waals surface area contributed by atoms with E-state index in [1.807, 2.05) is 0 Å². The maximum absolute atomic E-state index is 12.1. The van der Waals surface area contributed by atoms with Gasteiger partial charge in [-0.1, -0.05) is 0 Å². The van der Waals surface area contributed by atoms with E-state index >= 15 is 0 Å². The number of halogens is 1. The van der Waals surface area contributed by atoms with Gasteiger partial charge < -0.3 is 10.2 Å². The van der Waals surface area contributed by atoms with Gasteiger partial charge in [0.25, 0.3) is 0 Å². The Morgan fingerprint density at radius 1 is 1.58 bits per heavy atom. The minimum Gasteiger partial charge on any atom is -0.452 e. The first-order valence-electron chi connectivity index (χ1n) is 5.25. The van der Waals surface area contributed by atoms with Crippen LogP contribution < -0.4 is 10.5 Å². The lowest BCUT2D eigenvalue weighted by atomic mass is 10.5. The third kappa shape index (κ3) is 3.21. The molecule has 2 aromatic rings. The van der Waals surface area contributed by atoms with E-state index in [0.717, 1.165) is 0 Å². The van der Waals surface area contributed by atoms with Gasteiger partial charge >= 0.3 is 0 Å². The second-order valence-corrected chi connectivity index (χ2v) is 6.17. The zero-order valence-corrected chi connectivity index (χ0v) is 12.4. The van der Waals surface area contributed by atoms with Crippen LogP contribution in [0.4, 0.5) is 0 Å². The van der Waals surface area contributed by atoms with Crippen LogP contribution in [-0.2, 0) is 30.2 Å². The van der Waals surface area contributed by atoms with Gasteiger partial charge in [-0.2, -0.15) is 5.10 Å². The van der Waals surface area contributed by atoms with Gasteiger partial charge in [-0.15, -0.1) is 0 Å². The molecule has 0 atom stereocenters. The Balaban J connectivity index is 2.15. The molecular weight excluding hydrogens is 338 g/mol. The molecule has 0 saturated heterocycles. The Hall–Kier alpha value is -1.23. The van der Waals surface area contributed by atoms with Crippen LogP contribution in [0.5, 0.6) is 0 Å². The van der Waals surface area contributed by atoms with E-state index in [-0.39, 0.29) is 22.7 Å². The average Bonchev–Trinajstić information content (AvgIpc) is 2.93. The van der Waals surface area contributed by atoms with Crippen molar-refractivity contribution in [1.82, 2.24) is 19.5 Å². The molecule has 10 heteroatoms. The highest BCUT2D eigenvalue weighted by molar-refractivity contribution is 9.10. The summed E-state index contributed by atoms with van der Waals surface area (Å²) in [6.07, 6.45) is 1.49. The summed E-state index contributed by atoms with van der Waals surface area (Å²) < 4.78 is 33.3. The van der Waals surface area contributed by atoms with Gasteiger partial charge in [0.05, 0.1) is 13.1 Å². The number of nitrogens with two attached hydrogens (primary N) is 1. The zero-order valence-electron chi connectivity index (χ0n) is 10.00. The van der Waals surface area contributed by atoms with E-state index in [0.29, 0.717) is 11.6 Å². The predicted octanol–water partition coefficient (Wildman–Crippen LogP) is 0.108. The van der Waals surface area contributed by atoms with Crippen molar-refractivity contribution in [3.8, 4) is 0 Å². The summed E-state index contributed by atoms with van der Waals surface area (Å²) in [6, 6.07) is 1.37. The standard InChI is InChI=1S/C9H12BrN5O3S/c1-15-5-12-8(14-15)4-13-19(16,17)7-2-6(3-11)18-9(7)10/h2,5,13H,3-4,11H2,1H3. The quantitative estimate of drug-likeness (QED) is 0.791. The molecule has 0 bridgehead atoms. The Kier molecular flexibility index (Phi) is 4.04. The topological polar surface area (TPSA) is 116 Å². The van der Waals surface area contributed by atoms with Crippen LogP contribution in [0.2, 0.25) is 0 Å². The van der Waals surface area contributed by atoms with Crippen molar-refractivity contribution >= 4 is 26.0 Å². The number of hydrogen-bond donors (Lipinski definition) is 2. The van der Waals surface area contributed by atoms with E-state index in [9.17, 15) is 8.42 Å². The van der Waals surface area contributed by atoms with Crippen molar-refractivity contribution in [2.24, 2.45) is 12.8 Å². The summed E-state index contributed by atoms with van der Waals surface area (Å²) >= 11 is 3.05. The molecule has 2 heterocycles. The maximum atomic E-state index is 12.1. The largest absolute Gasteiger partial charge is 0.452 e. The molecule has 0 aliphatic carbocycles. The highest BCUT2D eigenvalue weighted by Crippen LogP contribution is 2.25. The molecule has 104 valence electrons. The fourth-order valence-electron chi connectivity index (χ4n) is 1.38. The van der Waals surface area contributed by atoms with Crippen LogP contribution in [0.1, 0.15) is 11.6 Å². The number of rotatable bonds is 5. The van der Waals surface area contributed by atoms with Gasteiger partial charge in [0.1, 0.15) is 17.0 Å². The molecule has 0 unspecified atom stereocenters. The minimum atomic E-state index is -3.70. The first-order chi connectivity index (χ1) is 8.92. The highest BCUT2D eigenvalue weighted by atomic mass is 79.9. The van der Waals surface area contributed by atoms with Crippen LogP contribution >= 0.6 is 15.9 Å². The maximum Gasteiger partial charge on any atom is 0.245 e. The summed E-state index contributed by atoms with van der Waals surface area (Å²) in [4.78, 5) is 3.93. The number of nitrogens with zero attached hydrogens (tertiary/aromatic N) is 3. The summed E-state index contributed by atoms with van der Waals surface area (Å²) in [5.74, 6) is 0.757. The number of aromatic nitrogens is 3. The lowest BCUT2D eigenvalue weighted by Crippen LogP contribution is -2.23. The van der Waals surface area contributed by atoms with Crippen LogP contribution in [0, 0.1) is 0 Å². The van der Waals surface area contributed by atoms with Crippen LogP contribution in [0.25, 0.3) is 0 Å². The van der Waals surface area contributed by atoms with Gasteiger partial charge in [-0.05, 0) is 15.9 Å². The number of hydrogen-bond acceptors (Lipinski definition) is 6. The van der Waals surface area contributed by atoms with Crippen LogP contribution in [-0.4, -0.2) is 23.2 Å². The van der Waals surface area contributed by atoms with E-state index in [4.69, 9.17) is 10.2 Å². The second kappa shape index (κ2) is 5.41. The molecule has 0 aromatic carbocycles. The van der Waals surface area contributed by atoms with Crippen molar-refractivity contribution in [2.75, 3.05) is 0 Å². The lowest BCUT2D eigenvalue weighted by molar-refractivity contribution is 0.483. The highest BCUT2D eigenvalue weighted by Gasteiger charge is 2.22.